The van der Waals surface area contributed by atoms with Crippen molar-refractivity contribution in [2.24, 2.45) is 5.73 Å². The van der Waals surface area contributed by atoms with Crippen molar-refractivity contribution in [1.29, 1.82) is 0 Å². The normalized spacial score (nSPS) is 12.3. The van der Waals surface area contributed by atoms with Crippen molar-refractivity contribution >= 4 is 21.8 Å². The number of hydrogen-bond donors (Lipinski definition) is 1. The number of primary amides is 1. The van der Waals surface area contributed by atoms with Crippen LogP contribution < -0.4 is 5.73 Å². The fraction of sp³-hybridized carbons (Fsp3) is 0.250. The molecule has 0 saturated carbocycles. The number of allylic oxidation sites excluding steroid dienone is 1. The Morgan fingerprint density at radius 3 is 2.22 bits per heavy atom. The van der Waals surface area contributed by atoms with E-state index in [0.29, 0.717) is 12.2 Å². The molecule has 0 bridgehead atoms. The molecule has 0 unspecified atom stereocenters. The molecule has 0 heterocycles. The minimum Gasteiger partial charge on any atom is -0.366 e. The van der Waals surface area contributed by atoms with E-state index in [1.54, 1.807) is 0 Å². The van der Waals surface area contributed by atoms with Crippen LogP contribution in [-0.4, -0.2) is 10.7 Å². The van der Waals surface area contributed by atoms with Gasteiger partial charge in [0.15, 0.2) is 0 Å². The third-order valence-electron chi connectivity index (χ3n) is 0.437. The molecule has 0 aromatic rings. The average molecular weight is 200 g/mol. The summed E-state index contributed by atoms with van der Waals surface area (Å²) in [6.45, 7) is 0. The first-order chi connectivity index (χ1) is 3.92. The lowest BCUT2D eigenvalue weighted by molar-refractivity contribution is -0.113. The highest BCUT2D eigenvalue weighted by molar-refractivity contribution is 9.10. The summed E-state index contributed by atoms with van der Waals surface area (Å²) in [7, 11) is 0. The zero-order valence-corrected chi connectivity index (χ0v) is 5.86. The molecule has 0 saturated heterocycles. The van der Waals surface area contributed by atoms with Gasteiger partial charge in [-0.1, -0.05) is 0 Å². The van der Waals surface area contributed by atoms with Crippen molar-refractivity contribution in [3.8, 4) is 0 Å². The van der Waals surface area contributed by atoms with Crippen LogP contribution in [0.15, 0.2) is 12.2 Å². The van der Waals surface area contributed by atoms with E-state index in [4.69, 9.17) is 0 Å². The maximum atomic E-state index is 11.7. The Hall–Kier alpha value is -0.450. The van der Waals surface area contributed by atoms with Crippen LogP contribution in [0.2, 0.25) is 0 Å². The summed E-state index contributed by atoms with van der Waals surface area (Å²) in [6, 6.07) is 0. The summed E-state index contributed by atoms with van der Waals surface area (Å²) in [5.41, 5.74) is 4.52. The smallest absolute Gasteiger partial charge is 0.320 e. The second-order valence-electron chi connectivity index (χ2n) is 1.28. The van der Waals surface area contributed by atoms with Gasteiger partial charge in [0, 0.05) is 12.2 Å². The van der Waals surface area contributed by atoms with Crippen LogP contribution in [0.1, 0.15) is 0 Å². The molecule has 52 valence electrons. The monoisotopic (exact) mass is 199 g/mol. The molecule has 0 fully saturated rings. The van der Waals surface area contributed by atoms with Gasteiger partial charge in [0.1, 0.15) is 0 Å². The number of hydrogen-bond acceptors (Lipinski definition) is 1. The molecule has 2 N–H and O–H groups in total. The Morgan fingerprint density at radius 1 is 1.67 bits per heavy atom. The summed E-state index contributed by atoms with van der Waals surface area (Å²) >= 11 is 1.98. The quantitative estimate of drug-likeness (QED) is 0.524. The average Bonchev–Trinajstić information content (AvgIpc) is 1.59. The lowest BCUT2D eigenvalue weighted by atomic mass is 10.5. The van der Waals surface area contributed by atoms with Crippen molar-refractivity contribution in [3.05, 3.63) is 12.2 Å². The molecule has 0 atom stereocenters. The van der Waals surface area contributed by atoms with Crippen molar-refractivity contribution in [1.82, 2.24) is 0 Å². The van der Waals surface area contributed by atoms with E-state index < -0.39 is 10.7 Å². The first kappa shape index (κ1) is 8.55. The fourth-order valence-corrected chi connectivity index (χ4v) is 0.309. The predicted octanol–water partition coefficient (Wildman–Crippen LogP) is 1.02. The van der Waals surface area contributed by atoms with E-state index in [9.17, 15) is 13.6 Å². The standard InChI is InChI=1S/C4H4BrF2NO/c5-4(6,7)2-1-3(8)9/h1-2H,(H2,8,9). The molecule has 0 spiro atoms. The van der Waals surface area contributed by atoms with Gasteiger partial charge in [-0.25, -0.2) is 0 Å². The van der Waals surface area contributed by atoms with Gasteiger partial charge in [0.25, 0.3) is 0 Å². The molecule has 0 aromatic carbocycles. The molecule has 0 rings (SSSR count). The number of carbonyl (C=O) groups excluding carboxylic acids is 1. The summed E-state index contributed by atoms with van der Waals surface area (Å²) < 4.78 is 23.4. The molecule has 0 radical (unpaired) electrons. The Kier molecular flexibility index (Phi) is 2.76. The van der Waals surface area contributed by atoms with Gasteiger partial charge >= 0.3 is 4.83 Å². The van der Waals surface area contributed by atoms with Crippen LogP contribution in [0.3, 0.4) is 0 Å². The van der Waals surface area contributed by atoms with Gasteiger partial charge in [-0.3, -0.25) is 4.79 Å². The van der Waals surface area contributed by atoms with Crippen LogP contribution in [0, 0.1) is 0 Å². The van der Waals surface area contributed by atoms with Crippen molar-refractivity contribution in [3.63, 3.8) is 0 Å². The second kappa shape index (κ2) is 2.91. The van der Waals surface area contributed by atoms with Gasteiger partial charge in [-0.05, 0) is 15.9 Å². The van der Waals surface area contributed by atoms with E-state index in [1.165, 1.54) is 0 Å². The minimum atomic E-state index is -3.14. The zero-order valence-electron chi connectivity index (χ0n) is 4.27. The molecule has 0 aliphatic carbocycles. The highest BCUT2D eigenvalue weighted by Gasteiger charge is 2.18. The number of rotatable bonds is 2. The maximum absolute atomic E-state index is 11.7. The fourth-order valence-electron chi connectivity index (χ4n) is 0.177. The maximum Gasteiger partial charge on any atom is 0.320 e. The Labute approximate surface area is 58.8 Å². The second-order valence-corrected chi connectivity index (χ2v) is 2.33. The summed E-state index contributed by atoms with van der Waals surface area (Å²) in [6.07, 6.45) is 0.962. The van der Waals surface area contributed by atoms with Crippen molar-refractivity contribution in [2.75, 3.05) is 0 Å². The number of nitrogens with two attached hydrogens (primary N) is 1. The SMILES string of the molecule is NC(=O)C=CC(F)(F)Br. The summed E-state index contributed by atoms with van der Waals surface area (Å²) in [5, 5.41) is 0. The highest BCUT2D eigenvalue weighted by atomic mass is 79.9. The van der Waals surface area contributed by atoms with Crippen molar-refractivity contribution < 1.29 is 13.6 Å². The molecule has 0 aliphatic rings. The highest BCUT2D eigenvalue weighted by Crippen LogP contribution is 2.22. The Morgan fingerprint density at radius 2 is 2.11 bits per heavy atom. The van der Waals surface area contributed by atoms with Gasteiger partial charge in [0.2, 0.25) is 5.91 Å². The van der Waals surface area contributed by atoms with Crippen LogP contribution in [-0.2, 0) is 4.79 Å². The van der Waals surface area contributed by atoms with Crippen LogP contribution >= 0.6 is 15.9 Å². The Bertz CT molecular complexity index is 140. The van der Waals surface area contributed by atoms with Gasteiger partial charge in [-0.15, -0.1) is 0 Å². The summed E-state index contributed by atoms with van der Waals surface area (Å²) in [5.74, 6) is -0.894. The first-order valence-corrected chi connectivity index (χ1v) is 2.76. The molecule has 9 heavy (non-hydrogen) atoms. The molecule has 5 heteroatoms. The summed E-state index contributed by atoms with van der Waals surface area (Å²) in [4.78, 5) is 6.69. The van der Waals surface area contributed by atoms with Gasteiger partial charge in [-0.2, -0.15) is 8.78 Å². The number of carbonyl (C=O) groups is 1. The van der Waals surface area contributed by atoms with E-state index in [-0.39, 0.29) is 0 Å². The van der Waals surface area contributed by atoms with Gasteiger partial charge in [0.05, 0.1) is 0 Å². The van der Waals surface area contributed by atoms with Crippen LogP contribution in [0.5, 0.6) is 0 Å². The molecule has 0 aromatic heterocycles. The largest absolute Gasteiger partial charge is 0.366 e. The molecule has 1 amide bonds. The van der Waals surface area contributed by atoms with E-state index >= 15 is 0 Å². The lowest BCUT2D eigenvalue weighted by Gasteiger charge is -1.96. The molecular formula is C4H4BrF2NO. The predicted molar refractivity (Wildman–Crippen MR) is 32.2 cm³/mol. The molecular weight excluding hydrogens is 196 g/mol. The van der Waals surface area contributed by atoms with E-state index in [2.05, 4.69) is 5.73 Å². The third-order valence-corrected chi connectivity index (χ3v) is 0.701. The molecule has 2 nitrogen and oxygen atoms in total. The third kappa shape index (κ3) is 7.55. The minimum absolute atomic E-state index is 0.370. The topological polar surface area (TPSA) is 43.1 Å². The zero-order chi connectivity index (χ0) is 7.49. The van der Waals surface area contributed by atoms with Crippen molar-refractivity contribution in [2.45, 2.75) is 4.83 Å². The van der Waals surface area contributed by atoms with Gasteiger partial charge < -0.3 is 5.73 Å². The lowest BCUT2D eigenvalue weighted by Crippen LogP contribution is -2.08. The first-order valence-electron chi connectivity index (χ1n) is 1.97. The van der Waals surface area contributed by atoms with E-state index in [1.807, 2.05) is 15.9 Å². The van der Waals surface area contributed by atoms with Crippen LogP contribution in [0.25, 0.3) is 0 Å². The van der Waals surface area contributed by atoms with E-state index in [0.717, 1.165) is 0 Å². The molecule has 0 aliphatic heterocycles. The van der Waals surface area contributed by atoms with Crippen LogP contribution in [0.4, 0.5) is 8.78 Å². The number of amides is 1. The Balaban J connectivity index is 3.86. The number of alkyl halides is 3. The number of halogens is 3.